The van der Waals surface area contributed by atoms with E-state index in [1.165, 1.54) is 47.1 Å². The van der Waals surface area contributed by atoms with Gasteiger partial charge in [0, 0.05) is 0 Å². The summed E-state index contributed by atoms with van der Waals surface area (Å²) in [4.78, 5) is 0. The van der Waals surface area contributed by atoms with E-state index >= 15 is 0 Å². The van der Waals surface area contributed by atoms with Gasteiger partial charge in [-0.3, -0.25) is 0 Å². The zero-order valence-electron chi connectivity index (χ0n) is 19.2. The molecule has 0 bridgehead atoms. The summed E-state index contributed by atoms with van der Waals surface area (Å²) in [6.45, 7) is 18.2. The minimum atomic E-state index is 0.273. The molecule has 1 unspecified atom stereocenters. The molecule has 2 aliphatic carbocycles. The molecule has 28 heavy (non-hydrogen) atoms. The van der Waals surface area contributed by atoms with Crippen LogP contribution < -0.4 is 0 Å². The first-order chi connectivity index (χ1) is 13.2. The van der Waals surface area contributed by atoms with Gasteiger partial charge in [-0.25, -0.2) is 0 Å². The van der Waals surface area contributed by atoms with Crippen LogP contribution in [0.5, 0.6) is 0 Å². The highest BCUT2D eigenvalue weighted by Gasteiger charge is 2.36. The molecule has 0 aromatic heterocycles. The average molecular weight is 375 g/mol. The zero-order valence-corrected chi connectivity index (χ0v) is 19.2. The maximum atomic E-state index is 2.47. The van der Waals surface area contributed by atoms with Gasteiger partial charge in [0.2, 0.25) is 0 Å². The first-order valence-corrected chi connectivity index (χ1v) is 11.1. The second kappa shape index (κ2) is 7.54. The van der Waals surface area contributed by atoms with E-state index in [0.29, 0.717) is 11.3 Å². The molecule has 0 aliphatic heterocycles. The number of hydrogen-bond donors (Lipinski definition) is 0. The van der Waals surface area contributed by atoms with Crippen molar-refractivity contribution in [2.24, 2.45) is 5.92 Å². The van der Waals surface area contributed by atoms with Crippen molar-refractivity contribution in [1.82, 2.24) is 0 Å². The second-order valence-electron chi connectivity index (χ2n) is 9.94. The van der Waals surface area contributed by atoms with E-state index in [0.717, 1.165) is 0 Å². The lowest BCUT2D eigenvalue weighted by Gasteiger charge is -2.42. The number of aryl methyl sites for hydroxylation is 1. The van der Waals surface area contributed by atoms with Crippen LogP contribution in [0.25, 0.3) is 11.6 Å². The molecule has 0 amide bonds. The summed E-state index contributed by atoms with van der Waals surface area (Å²) in [7, 11) is 0. The molecule has 0 saturated carbocycles. The molecule has 150 valence electrons. The van der Waals surface area contributed by atoms with Crippen LogP contribution in [0.3, 0.4) is 0 Å². The number of benzene rings is 2. The predicted octanol–water partition coefficient (Wildman–Crippen LogP) is 8.10. The van der Waals surface area contributed by atoms with Gasteiger partial charge in [0.25, 0.3) is 0 Å². The van der Waals surface area contributed by atoms with Crippen molar-refractivity contribution in [3.8, 4) is 0 Å². The third-order valence-corrected chi connectivity index (χ3v) is 6.83. The van der Waals surface area contributed by atoms with Crippen LogP contribution in [0.15, 0.2) is 36.4 Å². The Labute approximate surface area is 173 Å². The summed E-state index contributed by atoms with van der Waals surface area (Å²) in [5.41, 5.74) is 10.9. The highest BCUT2D eigenvalue weighted by atomic mass is 14.4. The quantitative estimate of drug-likeness (QED) is 0.473. The summed E-state index contributed by atoms with van der Waals surface area (Å²) >= 11 is 0. The normalized spacial score (nSPS) is 22.9. The van der Waals surface area contributed by atoms with Crippen molar-refractivity contribution in [2.45, 2.75) is 85.5 Å². The lowest BCUT2D eigenvalue weighted by atomic mass is 9.63. The predicted molar refractivity (Wildman–Crippen MR) is 125 cm³/mol. The van der Waals surface area contributed by atoms with Crippen LogP contribution in [0, 0.1) is 12.8 Å². The molecule has 4 rings (SSSR count). The van der Waals surface area contributed by atoms with Crippen LogP contribution >= 0.6 is 0 Å². The van der Waals surface area contributed by atoms with Crippen molar-refractivity contribution < 1.29 is 0 Å². The Hall–Kier alpha value is -1.82. The lowest BCUT2D eigenvalue weighted by molar-refractivity contribution is 0.332. The topological polar surface area (TPSA) is 0 Å². The Morgan fingerprint density at radius 2 is 1.50 bits per heavy atom. The third-order valence-electron chi connectivity index (χ3n) is 6.83. The zero-order chi connectivity index (χ0) is 20.7. The summed E-state index contributed by atoms with van der Waals surface area (Å²) < 4.78 is 0. The highest BCUT2D eigenvalue weighted by molar-refractivity contribution is 5.87. The van der Waals surface area contributed by atoms with Crippen LogP contribution in [-0.4, -0.2) is 0 Å². The van der Waals surface area contributed by atoms with Gasteiger partial charge in [0.05, 0.1) is 0 Å². The SMILES string of the molecule is CC.Cc1ccc2c(c1)CC(C)/C2=C\c1ccc2c(c1)C(C)(C)CCC2(C)C. The van der Waals surface area contributed by atoms with E-state index < -0.39 is 0 Å². The van der Waals surface area contributed by atoms with Crippen LogP contribution in [0.1, 0.15) is 94.7 Å². The highest BCUT2D eigenvalue weighted by Crippen LogP contribution is 2.46. The molecule has 2 aromatic carbocycles. The Morgan fingerprint density at radius 3 is 2.18 bits per heavy atom. The summed E-state index contributed by atoms with van der Waals surface area (Å²) in [6.07, 6.45) is 6.17. The van der Waals surface area contributed by atoms with Crippen LogP contribution in [-0.2, 0) is 17.3 Å². The first-order valence-electron chi connectivity index (χ1n) is 11.1. The van der Waals surface area contributed by atoms with Gasteiger partial charge < -0.3 is 0 Å². The van der Waals surface area contributed by atoms with Gasteiger partial charge >= 0.3 is 0 Å². The molecular formula is C28H38. The van der Waals surface area contributed by atoms with E-state index in [1.54, 1.807) is 11.1 Å². The fourth-order valence-electron chi connectivity index (χ4n) is 4.97. The molecular weight excluding hydrogens is 336 g/mol. The second-order valence-corrected chi connectivity index (χ2v) is 9.94. The van der Waals surface area contributed by atoms with Gasteiger partial charge in [0.1, 0.15) is 0 Å². The summed E-state index contributed by atoms with van der Waals surface area (Å²) in [5, 5.41) is 0. The minimum absolute atomic E-state index is 0.273. The van der Waals surface area contributed by atoms with Crippen molar-refractivity contribution in [2.75, 3.05) is 0 Å². The Balaban J connectivity index is 0.00000109. The van der Waals surface area contributed by atoms with E-state index in [2.05, 4.69) is 84.0 Å². The Bertz CT molecular complexity index is 892. The standard InChI is InChI=1S/C26H32.C2H6/c1-17-7-9-21-20(13-17)14-18(2)22(21)15-19-8-10-23-24(16-19)26(5,6)12-11-25(23,3)4;1-2/h7-10,13,15-16,18H,11-12,14H2,1-6H3;1-2H3/b22-15+;. The molecule has 0 spiro atoms. The molecule has 0 saturated heterocycles. The van der Waals surface area contributed by atoms with Gasteiger partial charge in [-0.15, -0.1) is 0 Å². The third kappa shape index (κ3) is 3.71. The maximum Gasteiger partial charge on any atom is -0.0100 e. The molecule has 0 fully saturated rings. The van der Waals surface area contributed by atoms with Gasteiger partial charge in [-0.2, -0.15) is 0 Å². The Kier molecular flexibility index (Phi) is 5.63. The van der Waals surface area contributed by atoms with Crippen LogP contribution in [0.2, 0.25) is 0 Å². The first kappa shape index (κ1) is 20.9. The van der Waals surface area contributed by atoms with E-state index in [-0.39, 0.29) is 5.41 Å². The molecule has 0 N–H and O–H groups in total. The molecule has 2 aromatic rings. The van der Waals surface area contributed by atoms with Gasteiger partial charge in [-0.1, -0.05) is 96.5 Å². The largest absolute Gasteiger partial charge is 0.0683 e. The molecule has 0 heterocycles. The van der Waals surface area contributed by atoms with E-state index in [1.807, 2.05) is 13.8 Å². The number of hydrogen-bond acceptors (Lipinski definition) is 0. The average Bonchev–Trinajstić information content (AvgIpc) is 2.95. The smallest absolute Gasteiger partial charge is 0.0100 e. The molecule has 0 radical (unpaired) electrons. The van der Waals surface area contributed by atoms with Gasteiger partial charge in [0.15, 0.2) is 0 Å². The Morgan fingerprint density at radius 1 is 0.857 bits per heavy atom. The number of allylic oxidation sites excluding steroid dienone is 1. The molecule has 1 atom stereocenters. The summed E-state index contributed by atoms with van der Waals surface area (Å²) in [5.74, 6) is 0.604. The molecule has 0 heteroatoms. The van der Waals surface area contributed by atoms with Crippen molar-refractivity contribution in [1.29, 1.82) is 0 Å². The van der Waals surface area contributed by atoms with Gasteiger partial charge in [-0.05, 0) is 76.3 Å². The number of rotatable bonds is 1. The van der Waals surface area contributed by atoms with Crippen molar-refractivity contribution in [3.05, 3.63) is 69.8 Å². The van der Waals surface area contributed by atoms with Crippen molar-refractivity contribution >= 4 is 11.6 Å². The molecule has 2 aliphatic rings. The maximum absolute atomic E-state index is 2.47. The van der Waals surface area contributed by atoms with Crippen molar-refractivity contribution in [3.63, 3.8) is 0 Å². The monoisotopic (exact) mass is 374 g/mol. The molecule has 0 nitrogen and oxygen atoms in total. The van der Waals surface area contributed by atoms with E-state index in [9.17, 15) is 0 Å². The number of fused-ring (bicyclic) bond motifs is 2. The van der Waals surface area contributed by atoms with E-state index in [4.69, 9.17) is 0 Å². The minimum Gasteiger partial charge on any atom is -0.0683 e. The van der Waals surface area contributed by atoms with Crippen LogP contribution in [0.4, 0.5) is 0 Å². The fraction of sp³-hybridized carbons (Fsp3) is 0.500. The fourth-order valence-corrected chi connectivity index (χ4v) is 4.97. The lowest BCUT2D eigenvalue weighted by Crippen LogP contribution is -2.33. The summed E-state index contributed by atoms with van der Waals surface area (Å²) in [6, 6.07) is 14.2.